The summed E-state index contributed by atoms with van der Waals surface area (Å²) in [5.74, 6) is 1.65. The van der Waals surface area contributed by atoms with Crippen molar-refractivity contribution >= 4 is 5.69 Å². The predicted octanol–water partition coefficient (Wildman–Crippen LogP) is 2.30. The van der Waals surface area contributed by atoms with Gasteiger partial charge in [-0.3, -0.25) is 0 Å². The second kappa shape index (κ2) is 5.67. The highest BCUT2D eigenvalue weighted by molar-refractivity contribution is 5.40. The van der Waals surface area contributed by atoms with Crippen LogP contribution in [-0.4, -0.2) is 14.8 Å². The van der Waals surface area contributed by atoms with E-state index in [-0.39, 0.29) is 0 Å². The van der Waals surface area contributed by atoms with Crippen molar-refractivity contribution in [3.8, 4) is 0 Å². The van der Waals surface area contributed by atoms with Crippen LogP contribution in [0.15, 0.2) is 30.6 Å². The molecule has 0 radical (unpaired) electrons. The van der Waals surface area contributed by atoms with E-state index in [9.17, 15) is 0 Å². The van der Waals surface area contributed by atoms with Crippen LogP contribution in [0.5, 0.6) is 0 Å². The third-order valence-electron chi connectivity index (χ3n) is 2.85. The molecular formula is C14H20N4. The summed E-state index contributed by atoms with van der Waals surface area (Å²) in [5.41, 5.74) is 7.83. The van der Waals surface area contributed by atoms with E-state index >= 15 is 0 Å². The largest absolute Gasteiger partial charge is 0.399 e. The minimum atomic E-state index is 0.604. The number of rotatable bonds is 5. The highest BCUT2D eigenvalue weighted by atomic mass is 15.3. The molecule has 1 heterocycles. The summed E-state index contributed by atoms with van der Waals surface area (Å²) in [5, 5.41) is 8.18. The number of anilines is 1. The number of aromatic nitrogens is 3. The maximum Gasteiger partial charge on any atom is 0.133 e. The number of nitrogens with two attached hydrogens (primary N) is 1. The molecule has 1 aromatic heterocycles. The van der Waals surface area contributed by atoms with Crippen LogP contribution in [0.1, 0.15) is 25.2 Å². The molecule has 0 aliphatic heterocycles. The van der Waals surface area contributed by atoms with Gasteiger partial charge in [-0.25, -0.2) is 0 Å². The smallest absolute Gasteiger partial charge is 0.133 e. The summed E-state index contributed by atoms with van der Waals surface area (Å²) in [6.07, 6.45) is 3.66. The van der Waals surface area contributed by atoms with Crippen LogP contribution in [0.3, 0.4) is 0 Å². The Labute approximate surface area is 108 Å². The SMILES string of the molecule is CC(C)Cn1cnnc1CCc1cccc(N)c1. The maximum absolute atomic E-state index is 5.77. The molecular weight excluding hydrogens is 224 g/mol. The van der Waals surface area contributed by atoms with Crippen molar-refractivity contribution in [2.75, 3.05) is 5.73 Å². The molecule has 2 rings (SSSR count). The quantitative estimate of drug-likeness (QED) is 0.821. The zero-order valence-electron chi connectivity index (χ0n) is 11.0. The molecule has 0 atom stereocenters. The van der Waals surface area contributed by atoms with Gasteiger partial charge >= 0.3 is 0 Å². The molecule has 2 N–H and O–H groups in total. The van der Waals surface area contributed by atoms with Crippen LogP contribution in [0.2, 0.25) is 0 Å². The van der Waals surface area contributed by atoms with Crippen molar-refractivity contribution in [1.82, 2.24) is 14.8 Å². The third-order valence-corrected chi connectivity index (χ3v) is 2.85. The molecule has 0 saturated heterocycles. The summed E-state index contributed by atoms with van der Waals surface area (Å²) in [6.45, 7) is 5.36. The Balaban J connectivity index is 2.00. The van der Waals surface area contributed by atoms with E-state index in [1.807, 2.05) is 24.5 Å². The van der Waals surface area contributed by atoms with Crippen LogP contribution in [0.4, 0.5) is 5.69 Å². The minimum absolute atomic E-state index is 0.604. The summed E-state index contributed by atoms with van der Waals surface area (Å²) < 4.78 is 2.14. The van der Waals surface area contributed by atoms with Crippen LogP contribution >= 0.6 is 0 Å². The lowest BCUT2D eigenvalue weighted by Crippen LogP contribution is -2.08. The number of benzene rings is 1. The van der Waals surface area contributed by atoms with Crippen LogP contribution in [0, 0.1) is 5.92 Å². The van der Waals surface area contributed by atoms with Gasteiger partial charge in [0.1, 0.15) is 12.2 Å². The molecule has 4 nitrogen and oxygen atoms in total. The van der Waals surface area contributed by atoms with Gasteiger partial charge in [0.15, 0.2) is 0 Å². The van der Waals surface area contributed by atoms with Crippen molar-refractivity contribution in [3.05, 3.63) is 42.0 Å². The highest BCUT2D eigenvalue weighted by Crippen LogP contribution is 2.10. The molecule has 0 spiro atoms. The summed E-state index contributed by atoms with van der Waals surface area (Å²) in [7, 11) is 0. The van der Waals surface area contributed by atoms with Gasteiger partial charge in [0, 0.05) is 18.7 Å². The first-order valence-electron chi connectivity index (χ1n) is 6.36. The van der Waals surface area contributed by atoms with Crippen LogP contribution in [-0.2, 0) is 19.4 Å². The Morgan fingerprint density at radius 3 is 2.83 bits per heavy atom. The van der Waals surface area contributed by atoms with E-state index in [1.165, 1.54) is 5.56 Å². The first-order chi connectivity index (χ1) is 8.65. The average molecular weight is 244 g/mol. The standard InChI is InChI=1S/C14H20N4/c1-11(2)9-18-10-16-17-14(18)7-6-12-4-3-5-13(15)8-12/h3-5,8,10-11H,6-7,9,15H2,1-2H3. The second-order valence-corrected chi connectivity index (χ2v) is 5.04. The number of nitrogens with zero attached hydrogens (tertiary/aromatic N) is 3. The van der Waals surface area contributed by atoms with Crippen molar-refractivity contribution < 1.29 is 0 Å². The van der Waals surface area contributed by atoms with Gasteiger partial charge in [-0.1, -0.05) is 26.0 Å². The molecule has 2 aromatic rings. The summed E-state index contributed by atoms with van der Waals surface area (Å²) in [4.78, 5) is 0. The predicted molar refractivity (Wildman–Crippen MR) is 73.1 cm³/mol. The van der Waals surface area contributed by atoms with E-state index in [1.54, 1.807) is 0 Å². The normalized spacial score (nSPS) is 11.1. The molecule has 96 valence electrons. The van der Waals surface area contributed by atoms with Gasteiger partial charge in [-0.05, 0) is 30.0 Å². The maximum atomic E-state index is 5.77. The van der Waals surface area contributed by atoms with Gasteiger partial charge < -0.3 is 10.3 Å². The molecule has 0 bridgehead atoms. The zero-order valence-corrected chi connectivity index (χ0v) is 11.0. The van der Waals surface area contributed by atoms with E-state index in [0.717, 1.165) is 30.9 Å². The fourth-order valence-corrected chi connectivity index (χ4v) is 2.02. The minimum Gasteiger partial charge on any atom is -0.399 e. The Hall–Kier alpha value is -1.84. The van der Waals surface area contributed by atoms with E-state index in [4.69, 9.17) is 5.73 Å². The molecule has 0 unspecified atom stereocenters. The fourth-order valence-electron chi connectivity index (χ4n) is 2.02. The lowest BCUT2D eigenvalue weighted by Gasteiger charge is -2.09. The zero-order chi connectivity index (χ0) is 13.0. The van der Waals surface area contributed by atoms with Gasteiger partial charge in [0.2, 0.25) is 0 Å². The molecule has 18 heavy (non-hydrogen) atoms. The third kappa shape index (κ3) is 3.32. The Morgan fingerprint density at radius 2 is 2.11 bits per heavy atom. The summed E-state index contributed by atoms with van der Waals surface area (Å²) >= 11 is 0. The van der Waals surface area contributed by atoms with Gasteiger partial charge in [0.25, 0.3) is 0 Å². The van der Waals surface area contributed by atoms with Crippen molar-refractivity contribution in [1.29, 1.82) is 0 Å². The Morgan fingerprint density at radius 1 is 1.28 bits per heavy atom. The number of hydrogen-bond acceptors (Lipinski definition) is 3. The van der Waals surface area contributed by atoms with Crippen LogP contribution < -0.4 is 5.73 Å². The molecule has 4 heteroatoms. The lowest BCUT2D eigenvalue weighted by atomic mass is 10.1. The average Bonchev–Trinajstić information content (AvgIpc) is 2.73. The van der Waals surface area contributed by atoms with Crippen molar-refractivity contribution in [2.24, 2.45) is 5.92 Å². The van der Waals surface area contributed by atoms with Crippen LogP contribution in [0.25, 0.3) is 0 Å². The second-order valence-electron chi connectivity index (χ2n) is 5.04. The molecule has 0 fully saturated rings. The Kier molecular flexibility index (Phi) is 3.97. The van der Waals surface area contributed by atoms with E-state index in [2.05, 4.69) is 34.7 Å². The number of aryl methyl sites for hydroxylation is 2. The number of nitrogen functional groups attached to an aromatic ring is 1. The lowest BCUT2D eigenvalue weighted by molar-refractivity contribution is 0.505. The first-order valence-corrected chi connectivity index (χ1v) is 6.36. The van der Waals surface area contributed by atoms with Crippen molar-refractivity contribution in [3.63, 3.8) is 0 Å². The van der Waals surface area contributed by atoms with Gasteiger partial charge in [0.05, 0.1) is 0 Å². The monoisotopic (exact) mass is 244 g/mol. The molecule has 0 saturated carbocycles. The Bertz CT molecular complexity index is 502. The van der Waals surface area contributed by atoms with Crippen molar-refractivity contribution in [2.45, 2.75) is 33.2 Å². The summed E-state index contributed by atoms with van der Waals surface area (Å²) in [6, 6.07) is 8.01. The molecule has 1 aromatic carbocycles. The van der Waals surface area contributed by atoms with E-state index < -0.39 is 0 Å². The fraction of sp³-hybridized carbons (Fsp3) is 0.429. The highest BCUT2D eigenvalue weighted by Gasteiger charge is 2.06. The molecule has 0 amide bonds. The van der Waals surface area contributed by atoms with E-state index in [0.29, 0.717) is 5.92 Å². The van der Waals surface area contributed by atoms with Gasteiger partial charge in [-0.15, -0.1) is 10.2 Å². The first kappa shape index (κ1) is 12.6. The number of hydrogen-bond donors (Lipinski definition) is 1. The molecule has 0 aliphatic rings. The topological polar surface area (TPSA) is 56.7 Å². The van der Waals surface area contributed by atoms with Gasteiger partial charge in [-0.2, -0.15) is 0 Å². The molecule has 0 aliphatic carbocycles.